The van der Waals surface area contributed by atoms with E-state index in [0.29, 0.717) is 5.75 Å². The zero-order chi connectivity index (χ0) is 15.6. The molecule has 2 rings (SSSR count). The molecular weight excluding hydrogens is 300 g/mol. The molecule has 4 atom stereocenters. The number of H-pyrrole nitrogens is 1. The Bertz CT molecular complexity index is 627. The average Bonchev–Trinajstić information content (AvgIpc) is 2.72. The second kappa shape index (κ2) is 6.58. The number of hydrogen-bond donors (Lipinski definition) is 4. The van der Waals surface area contributed by atoms with Gasteiger partial charge in [-0.3, -0.25) is 14.3 Å². The molecule has 0 saturated carbocycles. The minimum Gasteiger partial charge on any atom is -0.394 e. The highest BCUT2D eigenvalue weighted by Crippen LogP contribution is 2.31. The molecule has 116 valence electrons. The lowest BCUT2D eigenvalue weighted by Crippen LogP contribution is -2.38. The number of nitrogens with one attached hydrogen (secondary N) is 1. The van der Waals surface area contributed by atoms with Crippen molar-refractivity contribution in [3.05, 3.63) is 39.6 Å². The van der Waals surface area contributed by atoms with Gasteiger partial charge in [0.15, 0.2) is 6.23 Å². The zero-order valence-corrected chi connectivity index (χ0v) is 11.8. The first-order valence-electron chi connectivity index (χ1n) is 6.21. The molecule has 1 saturated heterocycles. The maximum atomic E-state index is 12.0. The van der Waals surface area contributed by atoms with Crippen molar-refractivity contribution < 1.29 is 20.1 Å². The van der Waals surface area contributed by atoms with E-state index in [1.807, 2.05) is 0 Å². The zero-order valence-electron chi connectivity index (χ0n) is 11.0. The van der Waals surface area contributed by atoms with Crippen LogP contribution in [0, 0.1) is 0 Å². The number of nitrogens with zero attached hydrogens (tertiary/aromatic N) is 1. The molecule has 1 aliphatic heterocycles. The Morgan fingerprint density at radius 3 is 2.71 bits per heavy atom. The van der Waals surface area contributed by atoms with E-state index < -0.39 is 42.4 Å². The highest BCUT2D eigenvalue weighted by molar-refractivity contribution is 7.99. The Kier molecular flexibility index (Phi) is 5.01. The first-order valence-corrected chi connectivity index (χ1v) is 7.20. The van der Waals surface area contributed by atoms with Gasteiger partial charge in [0.1, 0.15) is 18.3 Å². The van der Waals surface area contributed by atoms with Crippen molar-refractivity contribution in [1.82, 2.24) is 9.55 Å². The summed E-state index contributed by atoms with van der Waals surface area (Å²) in [5.74, 6) is 0.442. The van der Waals surface area contributed by atoms with Gasteiger partial charge in [-0.1, -0.05) is 6.08 Å². The van der Waals surface area contributed by atoms with Crippen molar-refractivity contribution in [2.75, 3.05) is 12.4 Å². The van der Waals surface area contributed by atoms with Gasteiger partial charge in [0.05, 0.1) is 11.6 Å². The fourth-order valence-corrected chi connectivity index (χ4v) is 2.88. The molecule has 4 N–H and O–H groups in total. The topological polar surface area (TPSA) is 125 Å². The van der Waals surface area contributed by atoms with E-state index in [-0.39, 0.29) is 5.03 Å². The van der Waals surface area contributed by atoms with Crippen LogP contribution in [0.1, 0.15) is 6.23 Å². The summed E-state index contributed by atoms with van der Waals surface area (Å²) >= 11 is 1.16. The smallest absolute Gasteiger partial charge is 0.331 e. The number of aliphatic hydroxyl groups excluding tert-OH is 3. The Morgan fingerprint density at radius 1 is 1.43 bits per heavy atom. The van der Waals surface area contributed by atoms with Gasteiger partial charge in [-0.15, -0.1) is 18.3 Å². The van der Waals surface area contributed by atoms with Crippen LogP contribution in [0.15, 0.2) is 33.3 Å². The number of aromatic amines is 1. The van der Waals surface area contributed by atoms with Crippen molar-refractivity contribution in [3.8, 4) is 0 Å². The molecule has 1 aromatic heterocycles. The summed E-state index contributed by atoms with van der Waals surface area (Å²) in [6, 6.07) is 1.20. The summed E-state index contributed by atoms with van der Waals surface area (Å²) in [4.78, 5) is 25.5. The van der Waals surface area contributed by atoms with Crippen molar-refractivity contribution in [1.29, 1.82) is 0 Å². The van der Waals surface area contributed by atoms with Crippen LogP contribution in [0.5, 0.6) is 0 Å². The van der Waals surface area contributed by atoms with E-state index in [0.717, 1.165) is 16.3 Å². The summed E-state index contributed by atoms with van der Waals surface area (Å²) < 4.78 is 6.37. The van der Waals surface area contributed by atoms with E-state index in [2.05, 4.69) is 11.6 Å². The van der Waals surface area contributed by atoms with Crippen molar-refractivity contribution in [2.45, 2.75) is 29.6 Å². The second-order valence-electron chi connectivity index (χ2n) is 4.48. The summed E-state index contributed by atoms with van der Waals surface area (Å²) in [5.41, 5.74) is -1.33. The van der Waals surface area contributed by atoms with Gasteiger partial charge >= 0.3 is 5.69 Å². The highest BCUT2D eigenvalue weighted by atomic mass is 32.2. The molecule has 0 spiro atoms. The first kappa shape index (κ1) is 16.0. The van der Waals surface area contributed by atoms with Gasteiger partial charge in [-0.05, 0) is 0 Å². The lowest BCUT2D eigenvalue weighted by molar-refractivity contribution is -0.0590. The van der Waals surface area contributed by atoms with Crippen LogP contribution < -0.4 is 11.2 Å². The molecule has 0 bridgehead atoms. The molecule has 1 aromatic rings. The largest absolute Gasteiger partial charge is 0.394 e. The molecule has 1 aliphatic rings. The monoisotopic (exact) mass is 316 g/mol. The Labute approximate surface area is 123 Å². The van der Waals surface area contributed by atoms with E-state index in [1.54, 1.807) is 6.08 Å². The van der Waals surface area contributed by atoms with Crippen LogP contribution in [0.25, 0.3) is 0 Å². The highest BCUT2D eigenvalue weighted by Gasteiger charge is 2.44. The van der Waals surface area contributed by atoms with E-state index in [1.165, 1.54) is 6.07 Å². The molecule has 8 nitrogen and oxygen atoms in total. The second-order valence-corrected chi connectivity index (χ2v) is 5.52. The normalized spacial score (nSPS) is 28.7. The predicted octanol–water partition coefficient (Wildman–Crippen LogP) is -1.57. The van der Waals surface area contributed by atoms with E-state index >= 15 is 0 Å². The van der Waals surface area contributed by atoms with Gasteiger partial charge < -0.3 is 20.1 Å². The number of aliphatic hydroxyl groups is 3. The lowest BCUT2D eigenvalue weighted by Gasteiger charge is -2.20. The van der Waals surface area contributed by atoms with Gasteiger partial charge in [-0.2, -0.15) is 0 Å². The summed E-state index contributed by atoms with van der Waals surface area (Å²) in [7, 11) is 0. The van der Waals surface area contributed by atoms with Crippen LogP contribution in [0.4, 0.5) is 0 Å². The van der Waals surface area contributed by atoms with Gasteiger partial charge in [-0.25, -0.2) is 4.79 Å². The van der Waals surface area contributed by atoms with Crippen molar-refractivity contribution >= 4 is 11.8 Å². The summed E-state index contributed by atoms with van der Waals surface area (Å²) in [6.45, 7) is 3.05. The lowest BCUT2D eigenvalue weighted by atomic mass is 10.1. The number of aromatic nitrogens is 2. The SMILES string of the molecule is C=CCSc1cc(=O)[nH]c(=O)n1[C@@H]1O[C@H](CO)[C@@H](O)[C@H]1O. The number of rotatable bonds is 5. The molecule has 0 radical (unpaired) electrons. The summed E-state index contributed by atoms with van der Waals surface area (Å²) in [5, 5.41) is 29.1. The molecule has 0 aromatic carbocycles. The molecule has 2 heterocycles. The fraction of sp³-hybridized carbons (Fsp3) is 0.500. The first-order chi connectivity index (χ1) is 9.99. The maximum absolute atomic E-state index is 12.0. The molecule has 0 amide bonds. The van der Waals surface area contributed by atoms with Crippen LogP contribution >= 0.6 is 11.8 Å². The van der Waals surface area contributed by atoms with Gasteiger partial charge in [0, 0.05) is 11.8 Å². The van der Waals surface area contributed by atoms with Gasteiger partial charge in [0.2, 0.25) is 0 Å². The van der Waals surface area contributed by atoms with Crippen LogP contribution in [0.2, 0.25) is 0 Å². The third-order valence-corrected chi connectivity index (χ3v) is 4.07. The van der Waals surface area contributed by atoms with Crippen molar-refractivity contribution in [3.63, 3.8) is 0 Å². The molecule has 0 aliphatic carbocycles. The molecular formula is C12H16N2O6S. The quantitative estimate of drug-likeness (QED) is 0.294. The predicted molar refractivity (Wildman–Crippen MR) is 75.3 cm³/mol. The minimum atomic E-state index is -1.39. The Balaban J connectivity index is 2.45. The van der Waals surface area contributed by atoms with Crippen LogP contribution in [-0.4, -0.2) is 55.5 Å². The Hall–Kier alpha value is -1.39. The number of ether oxygens (including phenoxy) is 1. The van der Waals surface area contributed by atoms with Crippen LogP contribution in [-0.2, 0) is 4.74 Å². The van der Waals surface area contributed by atoms with Crippen LogP contribution in [0.3, 0.4) is 0 Å². The number of thioether (sulfide) groups is 1. The number of hydrogen-bond acceptors (Lipinski definition) is 7. The molecule has 21 heavy (non-hydrogen) atoms. The van der Waals surface area contributed by atoms with E-state index in [4.69, 9.17) is 9.84 Å². The van der Waals surface area contributed by atoms with E-state index in [9.17, 15) is 19.8 Å². The third kappa shape index (κ3) is 3.11. The van der Waals surface area contributed by atoms with Gasteiger partial charge in [0.25, 0.3) is 5.56 Å². The Morgan fingerprint density at radius 2 is 2.14 bits per heavy atom. The fourth-order valence-electron chi connectivity index (χ4n) is 2.07. The molecule has 9 heteroatoms. The molecule has 0 unspecified atom stereocenters. The molecule has 1 fully saturated rings. The maximum Gasteiger partial charge on any atom is 0.331 e. The third-order valence-electron chi connectivity index (χ3n) is 3.06. The minimum absolute atomic E-state index is 0.276. The summed E-state index contributed by atoms with van der Waals surface area (Å²) in [6.07, 6.45) is -3.31. The average molecular weight is 316 g/mol. The standard InChI is InChI=1S/C12H16N2O6S/c1-2-3-21-8-4-7(16)13-12(19)14(8)11-10(18)9(17)6(5-15)20-11/h2,4,6,9-11,15,17-18H,1,3,5H2,(H,13,16,19)/t6-,9-,10-,11-/m1/s1. The van der Waals surface area contributed by atoms with Crippen molar-refractivity contribution in [2.24, 2.45) is 0 Å².